The van der Waals surface area contributed by atoms with Crippen molar-refractivity contribution in [3.05, 3.63) is 65.0 Å². The Morgan fingerprint density at radius 3 is 2.32 bits per heavy atom. The van der Waals surface area contributed by atoms with Crippen LogP contribution in [0.5, 0.6) is 11.5 Å². The van der Waals surface area contributed by atoms with Gasteiger partial charge in [-0.1, -0.05) is 31.2 Å². The van der Waals surface area contributed by atoms with E-state index in [0.717, 1.165) is 39.6 Å². The van der Waals surface area contributed by atoms with Gasteiger partial charge in [-0.25, -0.2) is 0 Å². The maximum atomic E-state index is 6.00. The van der Waals surface area contributed by atoms with Crippen LogP contribution in [0.15, 0.2) is 47.8 Å². The number of aryl methyl sites for hydroxylation is 2. The van der Waals surface area contributed by atoms with Gasteiger partial charge in [-0.15, -0.1) is 0 Å². The highest BCUT2D eigenvalue weighted by Gasteiger charge is 2.08. The number of rotatable bonds is 8. The SMILES string of the molecule is C/C=C/COc1cc(C)c(OCc2ccc(C(C)=NOC)cn2)c(C)c1.CC. The summed E-state index contributed by atoms with van der Waals surface area (Å²) in [4.78, 5) is 9.21. The molecule has 0 spiro atoms. The van der Waals surface area contributed by atoms with Crippen LogP contribution in [-0.2, 0) is 11.4 Å². The molecule has 0 N–H and O–H groups in total. The van der Waals surface area contributed by atoms with Crippen LogP contribution < -0.4 is 9.47 Å². The van der Waals surface area contributed by atoms with E-state index in [2.05, 4.69) is 10.1 Å². The van der Waals surface area contributed by atoms with E-state index in [4.69, 9.17) is 14.3 Å². The van der Waals surface area contributed by atoms with Crippen LogP contribution in [0.3, 0.4) is 0 Å². The first kappa shape index (κ1) is 23.2. The third kappa shape index (κ3) is 7.06. The molecule has 0 amide bonds. The van der Waals surface area contributed by atoms with E-state index < -0.39 is 0 Å². The monoisotopic (exact) mass is 384 g/mol. The molecule has 1 heterocycles. The van der Waals surface area contributed by atoms with Gasteiger partial charge in [-0.3, -0.25) is 4.98 Å². The molecule has 0 saturated carbocycles. The molecule has 0 atom stereocenters. The van der Waals surface area contributed by atoms with E-state index in [0.29, 0.717) is 13.2 Å². The zero-order chi connectivity index (χ0) is 20.9. The van der Waals surface area contributed by atoms with E-state index in [1.54, 1.807) is 6.20 Å². The molecule has 2 rings (SSSR count). The summed E-state index contributed by atoms with van der Waals surface area (Å²) in [6.45, 7) is 12.9. The highest BCUT2D eigenvalue weighted by atomic mass is 16.6. The number of nitrogens with zero attached hydrogens (tertiary/aromatic N) is 2. The minimum absolute atomic E-state index is 0.404. The molecule has 0 unspecified atom stereocenters. The third-order valence-electron chi connectivity index (χ3n) is 3.85. The fourth-order valence-corrected chi connectivity index (χ4v) is 2.52. The number of pyridine rings is 1. The van der Waals surface area contributed by atoms with E-state index in [1.165, 1.54) is 7.11 Å². The summed E-state index contributed by atoms with van der Waals surface area (Å²) in [5.41, 5.74) is 4.64. The van der Waals surface area contributed by atoms with Gasteiger partial charge in [0, 0.05) is 11.8 Å². The Morgan fingerprint density at radius 2 is 1.79 bits per heavy atom. The van der Waals surface area contributed by atoms with Crippen molar-refractivity contribution in [1.29, 1.82) is 0 Å². The van der Waals surface area contributed by atoms with Crippen molar-refractivity contribution in [2.24, 2.45) is 5.16 Å². The second-order valence-electron chi connectivity index (χ2n) is 5.95. The molecule has 0 aliphatic carbocycles. The van der Waals surface area contributed by atoms with Crippen LogP contribution in [0, 0.1) is 13.8 Å². The molecule has 2 aromatic rings. The molecule has 0 aliphatic rings. The van der Waals surface area contributed by atoms with Gasteiger partial charge in [0.1, 0.15) is 31.8 Å². The topological polar surface area (TPSA) is 52.9 Å². The Labute approximate surface area is 169 Å². The normalized spacial score (nSPS) is 11.0. The second kappa shape index (κ2) is 12.5. The molecule has 1 aromatic carbocycles. The molecule has 0 bridgehead atoms. The molecule has 1 aromatic heterocycles. The number of hydrogen-bond donors (Lipinski definition) is 0. The van der Waals surface area contributed by atoms with Crippen molar-refractivity contribution in [2.45, 2.75) is 48.1 Å². The number of hydrogen-bond acceptors (Lipinski definition) is 5. The lowest BCUT2D eigenvalue weighted by Crippen LogP contribution is -2.03. The van der Waals surface area contributed by atoms with Gasteiger partial charge in [-0.05, 0) is 63.1 Å². The van der Waals surface area contributed by atoms with Crippen LogP contribution in [0.2, 0.25) is 0 Å². The van der Waals surface area contributed by atoms with Crippen LogP contribution >= 0.6 is 0 Å². The first-order chi connectivity index (χ1) is 13.5. The Morgan fingerprint density at radius 1 is 1.11 bits per heavy atom. The zero-order valence-corrected chi connectivity index (χ0v) is 18.1. The molecule has 0 saturated heterocycles. The number of aromatic nitrogens is 1. The first-order valence-corrected chi connectivity index (χ1v) is 9.56. The van der Waals surface area contributed by atoms with Gasteiger partial charge >= 0.3 is 0 Å². The fourth-order valence-electron chi connectivity index (χ4n) is 2.52. The molecule has 0 radical (unpaired) electrons. The highest BCUT2D eigenvalue weighted by Crippen LogP contribution is 2.29. The van der Waals surface area contributed by atoms with E-state index in [1.807, 2.05) is 78.0 Å². The van der Waals surface area contributed by atoms with Crippen LogP contribution in [-0.4, -0.2) is 24.4 Å². The van der Waals surface area contributed by atoms with Crippen molar-refractivity contribution in [1.82, 2.24) is 4.98 Å². The number of allylic oxidation sites excluding steroid dienone is 1. The Bertz CT molecular complexity index is 758. The van der Waals surface area contributed by atoms with Gasteiger partial charge in [0.05, 0.1) is 11.4 Å². The Hall–Kier alpha value is -2.82. The van der Waals surface area contributed by atoms with Crippen molar-refractivity contribution < 1.29 is 14.3 Å². The Balaban J connectivity index is 0.00000190. The largest absolute Gasteiger partial charge is 0.490 e. The molecule has 152 valence electrons. The maximum Gasteiger partial charge on any atom is 0.130 e. The fraction of sp³-hybridized carbons (Fsp3) is 0.391. The van der Waals surface area contributed by atoms with Gasteiger partial charge in [0.2, 0.25) is 0 Å². The first-order valence-electron chi connectivity index (χ1n) is 9.56. The molecule has 5 nitrogen and oxygen atoms in total. The lowest BCUT2D eigenvalue weighted by atomic mass is 10.1. The smallest absolute Gasteiger partial charge is 0.130 e. The van der Waals surface area contributed by atoms with E-state index in [-0.39, 0.29) is 0 Å². The average Bonchev–Trinajstić information content (AvgIpc) is 2.70. The minimum Gasteiger partial charge on any atom is -0.490 e. The lowest BCUT2D eigenvalue weighted by molar-refractivity contribution is 0.213. The lowest BCUT2D eigenvalue weighted by Gasteiger charge is -2.14. The van der Waals surface area contributed by atoms with Crippen LogP contribution in [0.25, 0.3) is 0 Å². The summed E-state index contributed by atoms with van der Waals surface area (Å²) < 4.78 is 11.7. The van der Waals surface area contributed by atoms with Crippen molar-refractivity contribution in [3.8, 4) is 11.5 Å². The number of benzene rings is 1. The van der Waals surface area contributed by atoms with Crippen molar-refractivity contribution in [3.63, 3.8) is 0 Å². The van der Waals surface area contributed by atoms with Gasteiger partial charge in [0.25, 0.3) is 0 Å². The highest BCUT2D eigenvalue weighted by molar-refractivity contribution is 5.97. The molecule has 0 fully saturated rings. The minimum atomic E-state index is 0.404. The van der Waals surface area contributed by atoms with Gasteiger partial charge in [0.15, 0.2) is 0 Å². The maximum absolute atomic E-state index is 6.00. The van der Waals surface area contributed by atoms with Crippen molar-refractivity contribution in [2.75, 3.05) is 13.7 Å². The predicted molar refractivity (Wildman–Crippen MR) is 115 cm³/mol. The quantitative estimate of drug-likeness (QED) is 0.336. The molecule has 28 heavy (non-hydrogen) atoms. The second-order valence-corrected chi connectivity index (χ2v) is 5.95. The van der Waals surface area contributed by atoms with Crippen molar-refractivity contribution >= 4 is 5.71 Å². The molecular weight excluding hydrogens is 352 g/mol. The number of ether oxygens (including phenoxy) is 2. The molecular formula is C23H32N2O3. The summed E-state index contributed by atoms with van der Waals surface area (Å²) in [5.74, 6) is 1.72. The summed E-state index contributed by atoms with van der Waals surface area (Å²) in [6.07, 6.45) is 5.72. The number of oxime groups is 1. The molecule has 0 aliphatic heterocycles. The summed E-state index contributed by atoms with van der Waals surface area (Å²) in [6, 6.07) is 7.88. The van der Waals surface area contributed by atoms with E-state index in [9.17, 15) is 0 Å². The van der Waals surface area contributed by atoms with Gasteiger partial charge < -0.3 is 14.3 Å². The zero-order valence-electron chi connectivity index (χ0n) is 18.1. The molecule has 5 heteroatoms. The van der Waals surface area contributed by atoms with E-state index >= 15 is 0 Å². The van der Waals surface area contributed by atoms with Crippen LogP contribution in [0.4, 0.5) is 0 Å². The Kier molecular flexibility index (Phi) is 10.4. The summed E-state index contributed by atoms with van der Waals surface area (Å²) >= 11 is 0. The summed E-state index contributed by atoms with van der Waals surface area (Å²) in [7, 11) is 1.53. The average molecular weight is 385 g/mol. The summed E-state index contributed by atoms with van der Waals surface area (Å²) in [5, 5.41) is 3.91. The third-order valence-corrected chi connectivity index (χ3v) is 3.85. The van der Waals surface area contributed by atoms with Crippen LogP contribution in [0.1, 0.15) is 50.1 Å². The predicted octanol–water partition coefficient (Wildman–Crippen LogP) is 5.63. The van der Waals surface area contributed by atoms with Gasteiger partial charge in [-0.2, -0.15) is 0 Å². The standard InChI is InChI=1S/C21H26N2O3.C2H6/c1-6-7-10-25-20-11-15(2)21(16(3)12-20)26-14-19-9-8-18(13-22-19)17(4)23-24-5;1-2/h6-9,11-13H,10,14H2,1-5H3;1-2H3/b7-6+,23-17?;.